The van der Waals surface area contributed by atoms with E-state index in [1.807, 2.05) is 34.1 Å². The molecule has 1 saturated heterocycles. The Morgan fingerprint density at radius 3 is 2.57 bits per heavy atom. The third kappa shape index (κ3) is 5.84. The van der Waals surface area contributed by atoms with E-state index in [0.29, 0.717) is 24.7 Å². The molecule has 1 aromatic rings. The summed E-state index contributed by atoms with van der Waals surface area (Å²) in [6.45, 7) is 5.47. The van der Waals surface area contributed by atoms with E-state index in [2.05, 4.69) is 17.2 Å². The Balaban J connectivity index is 0.00000264. The zero-order chi connectivity index (χ0) is 15.9. The van der Waals surface area contributed by atoms with Crippen molar-refractivity contribution in [1.82, 2.24) is 15.1 Å². The van der Waals surface area contributed by atoms with Gasteiger partial charge in [0, 0.05) is 38.2 Å². The van der Waals surface area contributed by atoms with E-state index in [0.717, 1.165) is 31.0 Å². The minimum absolute atomic E-state index is 0. The first-order chi connectivity index (χ1) is 10.6. The number of piperazine rings is 1. The molecule has 1 aliphatic heterocycles. The summed E-state index contributed by atoms with van der Waals surface area (Å²) in [5, 5.41) is 3.98. The second-order valence-electron chi connectivity index (χ2n) is 5.34. The quantitative estimate of drug-likeness (QED) is 0.436. The molecule has 0 bridgehead atoms. The van der Waals surface area contributed by atoms with Gasteiger partial charge in [-0.3, -0.25) is 9.79 Å². The molecule has 0 aromatic heterocycles. The molecule has 1 N–H and O–H groups in total. The number of aliphatic imine (C=N–C) groups is 1. The molecule has 2 rings (SSSR count). The second-order valence-corrected chi connectivity index (χ2v) is 5.77. The van der Waals surface area contributed by atoms with Crippen LogP contribution in [0.1, 0.15) is 18.9 Å². The fourth-order valence-corrected chi connectivity index (χ4v) is 2.56. The molecule has 1 heterocycles. The second kappa shape index (κ2) is 9.97. The van der Waals surface area contributed by atoms with Crippen molar-refractivity contribution in [3.63, 3.8) is 0 Å². The Hall–Kier alpha value is -1.02. The highest BCUT2D eigenvalue weighted by atomic mass is 127. The van der Waals surface area contributed by atoms with E-state index in [9.17, 15) is 4.79 Å². The molecule has 0 unspecified atom stereocenters. The number of nitrogens with one attached hydrogen (secondary N) is 1. The van der Waals surface area contributed by atoms with Crippen LogP contribution in [0.5, 0.6) is 0 Å². The first kappa shape index (κ1) is 20.0. The van der Waals surface area contributed by atoms with E-state index in [1.54, 1.807) is 7.05 Å². The fourth-order valence-electron chi connectivity index (χ4n) is 2.44. The monoisotopic (exact) mass is 450 g/mol. The van der Waals surface area contributed by atoms with Gasteiger partial charge in [-0.25, -0.2) is 0 Å². The van der Waals surface area contributed by atoms with Gasteiger partial charge in [0.2, 0.25) is 5.91 Å². The van der Waals surface area contributed by atoms with Gasteiger partial charge in [0.1, 0.15) is 0 Å². The molecule has 0 spiro atoms. The summed E-state index contributed by atoms with van der Waals surface area (Å²) in [5.74, 6) is 0.932. The summed E-state index contributed by atoms with van der Waals surface area (Å²) in [7, 11) is 1.75. The van der Waals surface area contributed by atoms with Crippen molar-refractivity contribution in [2.24, 2.45) is 4.99 Å². The standard InChI is InChI=1S/C16H23ClN4O.HI/c1-3-8-19-16(18-2)21-10-9-20(15(22)12-21)11-13-4-6-14(17)7-5-13;/h4-7H,3,8-12H2,1-2H3,(H,18,19);1H. The van der Waals surface area contributed by atoms with Crippen molar-refractivity contribution < 1.29 is 4.79 Å². The Morgan fingerprint density at radius 1 is 1.30 bits per heavy atom. The number of carbonyl (C=O) groups excluding carboxylic acids is 1. The number of benzene rings is 1. The minimum atomic E-state index is 0. The zero-order valence-corrected chi connectivity index (χ0v) is 16.7. The Kier molecular flexibility index (Phi) is 8.68. The zero-order valence-electron chi connectivity index (χ0n) is 13.6. The van der Waals surface area contributed by atoms with E-state index in [4.69, 9.17) is 11.6 Å². The van der Waals surface area contributed by atoms with Gasteiger partial charge in [0.05, 0.1) is 6.54 Å². The van der Waals surface area contributed by atoms with Crippen molar-refractivity contribution in [1.29, 1.82) is 0 Å². The number of hydrogen-bond donors (Lipinski definition) is 1. The van der Waals surface area contributed by atoms with Crippen LogP contribution in [0.25, 0.3) is 0 Å². The van der Waals surface area contributed by atoms with Crippen LogP contribution in [0, 0.1) is 0 Å². The van der Waals surface area contributed by atoms with Crippen LogP contribution in [-0.2, 0) is 11.3 Å². The van der Waals surface area contributed by atoms with Crippen molar-refractivity contribution in [3.8, 4) is 0 Å². The molecule has 1 aromatic carbocycles. The fraction of sp³-hybridized carbons (Fsp3) is 0.500. The molecular formula is C16H24ClIN4O. The molecule has 1 amide bonds. The third-order valence-corrected chi connectivity index (χ3v) is 3.90. The molecule has 1 fully saturated rings. The number of carbonyl (C=O) groups is 1. The number of amides is 1. The SMILES string of the molecule is CCCNC(=NC)N1CCN(Cc2ccc(Cl)cc2)C(=O)C1.I. The van der Waals surface area contributed by atoms with E-state index in [-0.39, 0.29) is 29.9 Å². The molecular weight excluding hydrogens is 427 g/mol. The molecule has 5 nitrogen and oxygen atoms in total. The van der Waals surface area contributed by atoms with Gasteiger partial charge in [0.25, 0.3) is 0 Å². The maximum atomic E-state index is 12.3. The molecule has 128 valence electrons. The smallest absolute Gasteiger partial charge is 0.242 e. The Labute approximate surface area is 160 Å². The summed E-state index contributed by atoms with van der Waals surface area (Å²) in [6, 6.07) is 7.63. The highest BCUT2D eigenvalue weighted by Gasteiger charge is 2.25. The first-order valence-electron chi connectivity index (χ1n) is 7.62. The lowest BCUT2D eigenvalue weighted by Gasteiger charge is -2.36. The van der Waals surface area contributed by atoms with E-state index in [1.165, 1.54) is 0 Å². The lowest BCUT2D eigenvalue weighted by molar-refractivity contribution is -0.135. The van der Waals surface area contributed by atoms with Crippen LogP contribution in [0.15, 0.2) is 29.3 Å². The summed E-state index contributed by atoms with van der Waals surface area (Å²) >= 11 is 5.89. The van der Waals surface area contributed by atoms with Crippen molar-refractivity contribution >= 4 is 47.4 Å². The van der Waals surface area contributed by atoms with Crippen LogP contribution in [0.3, 0.4) is 0 Å². The first-order valence-corrected chi connectivity index (χ1v) is 7.99. The third-order valence-electron chi connectivity index (χ3n) is 3.65. The lowest BCUT2D eigenvalue weighted by atomic mass is 10.2. The van der Waals surface area contributed by atoms with Gasteiger partial charge in [-0.1, -0.05) is 30.7 Å². The molecule has 23 heavy (non-hydrogen) atoms. The van der Waals surface area contributed by atoms with Gasteiger partial charge >= 0.3 is 0 Å². The molecule has 0 saturated carbocycles. The van der Waals surface area contributed by atoms with E-state index < -0.39 is 0 Å². The number of rotatable bonds is 4. The van der Waals surface area contributed by atoms with Gasteiger partial charge in [0.15, 0.2) is 5.96 Å². The normalized spacial score (nSPS) is 15.4. The number of halogens is 2. The van der Waals surface area contributed by atoms with Crippen LogP contribution in [0.2, 0.25) is 5.02 Å². The summed E-state index contributed by atoms with van der Waals surface area (Å²) < 4.78 is 0. The topological polar surface area (TPSA) is 47.9 Å². The van der Waals surface area contributed by atoms with E-state index >= 15 is 0 Å². The highest BCUT2D eigenvalue weighted by molar-refractivity contribution is 14.0. The predicted octanol–water partition coefficient (Wildman–Crippen LogP) is 2.59. The number of nitrogens with zero attached hydrogens (tertiary/aromatic N) is 3. The van der Waals surface area contributed by atoms with Crippen LogP contribution in [0.4, 0.5) is 0 Å². The molecule has 0 aliphatic carbocycles. The molecule has 0 radical (unpaired) electrons. The van der Waals surface area contributed by atoms with Crippen LogP contribution in [-0.4, -0.2) is 54.9 Å². The highest BCUT2D eigenvalue weighted by Crippen LogP contribution is 2.13. The maximum Gasteiger partial charge on any atom is 0.242 e. The Bertz CT molecular complexity index is 535. The number of hydrogen-bond acceptors (Lipinski definition) is 2. The minimum Gasteiger partial charge on any atom is -0.356 e. The lowest BCUT2D eigenvalue weighted by Crippen LogP contribution is -2.54. The Morgan fingerprint density at radius 2 is 2.00 bits per heavy atom. The number of guanidine groups is 1. The summed E-state index contributed by atoms with van der Waals surface area (Å²) in [5.41, 5.74) is 1.10. The largest absolute Gasteiger partial charge is 0.356 e. The van der Waals surface area contributed by atoms with Crippen molar-refractivity contribution in [3.05, 3.63) is 34.9 Å². The summed E-state index contributed by atoms with van der Waals surface area (Å²) in [6.07, 6.45) is 1.03. The van der Waals surface area contributed by atoms with Gasteiger partial charge < -0.3 is 15.1 Å². The molecule has 1 aliphatic rings. The van der Waals surface area contributed by atoms with Crippen molar-refractivity contribution in [2.75, 3.05) is 33.2 Å². The predicted molar refractivity (Wildman–Crippen MR) is 106 cm³/mol. The molecule has 0 atom stereocenters. The average molecular weight is 451 g/mol. The van der Waals surface area contributed by atoms with Crippen LogP contribution < -0.4 is 5.32 Å². The molecule has 7 heteroatoms. The maximum absolute atomic E-state index is 12.3. The summed E-state index contributed by atoms with van der Waals surface area (Å²) in [4.78, 5) is 20.5. The van der Waals surface area contributed by atoms with Crippen LogP contribution >= 0.6 is 35.6 Å². The average Bonchev–Trinajstić information content (AvgIpc) is 2.52. The van der Waals surface area contributed by atoms with Gasteiger partial charge in [-0.2, -0.15) is 0 Å². The van der Waals surface area contributed by atoms with Crippen molar-refractivity contribution in [2.45, 2.75) is 19.9 Å². The van der Waals surface area contributed by atoms with Gasteiger partial charge in [-0.15, -0.1) is 24.0 Å². The van der Waals surface area contributed by atoms with Gasteiger partial charge in [-0.05, 0) is 24.1 Å².